The highest BCUT2D eigenvalue weighted by Gasteiger charge is 2.31. The van der Waals surface area contributed by atoms with Crippen LogP contribution in [0.3, 0.4) is 0 Å². The summed E-state index contributed by atoms with van der Waals surface area (Å²) in [5.41, 5.74) is 0.961. The molecule has 0 radical (unpaired) electrons. The second-order valence-electron chi connectivity index (χ2n) is 4.03. The van der Waals surface area contributed by atoms with E-state index in [1.54, 1.807) is 0 Å². The van der Waals surface area contributed by atoms with Gasteiger partial charge >= 0.3 is 5.97 Å². The Hall–Kier alpha value is -1.52. The van der Waals surface area contributed by atoms with Gasteiger partial charge in [-0.1, -0.05) is 0 Å². The van der Waals surface area contributed by atoms with Gasteiger partial charge in [0.2, 0.25) is 5.91 Å². The topological polar surface area (TPSA) is 96.9 Å². The standard InChI is InChI=1S/C10H15N3O5S2/c1-12(2)7(14)5-13(3)20(16,17)10-8(9(15)18-4)11-6-19-10/h6H,5H2,1-4H3. The molecule has 1 aromatic rings. The van der Waals surface area contributed by atoms with Crippen LogP contribution in [0.15, 0.2) is 9.72 Å². The minimum atomic E-state index is -3.97. The fraction of sp³-hybridized carbons (Fsp3) is 0.500. The second-order valence-corrected chi connectivity index (χ2v) is 7.12. The van der Waals surface area contributed by atoms with Gasteiger partial charge in [-0.05, 0) is 0 Å². The molecule has 0 saturated heterocycles. The molecular weight excluding hydrogens is 306 g/mol. The lowest BCUT2D eigenvalue weighted by molar-refractivity contribution is -0.128. The van der Waals surface area contributed by atoms with Crippen LogP contribution in [-0.2, 0) is 19.6 Å². The van der Waals surface area contributed by atoms with E-state index in [0.29, 0.717) is 0 Å². The maximum atomic E-state index is 12.3. The Bertz CT molecular complexity index is 608. The molecule has 10 heteroatoms. The monoisotopic (exact) mass is 321 g/mol. The van der Waals surface area contributed by atoms with Crippen molar-refractivity contribution in [2.24, 2.45) is 0 Å². The lowest BCUT2D eigenvalue weighted by Crippen LogP contribution is -2.37. The third-order valence-electron chi connectivity index (χ3n) is 2.41. The molecule has 1 rings (SSSR count). The van der Waals surface area contributed by atoms with Crippen molar-refractivity contribution < 1.29 is 22.7 Å². The lowest BCUT2D eigenvalue weighted by Gasteiger charge is -2.18. The Balaban J connectivity index is 3.08. The molecule has 112 valence electrons. The highest BCUT2D eigenvalue weighted by Crippen LogP contribution is 2.23. The first kappa shape index (κ1) is 16.5. The van der Waals surface area contributed by atoms with Crippen molar-refractivity contribution in [1.82, 2.24) is 14.2 Å². The lowest BCUT2D eigenvalue weighted by atomic mass is 10.5. The summed E-state index contributed by atoms with van der Waals surface area (Å²) in [6.07, 6.45) is 0. The summed E-state index contributed by atoms with van der Waals surface area (Å²) in [5.74, 6) is -1.21. The van der Waals surface area contributed by atoms with E-state index in [9.17, 15) is 18.0 Å². The smallest absolute Gasteiger partial charge is 0.358 e. The normalized spacial score (nSPS) is 11.4. The number of esters is 1. The summed E-state index contributed by atoms with van der Waals surface area (Å²) >= 11 is 0.798. The molecule has 0 fully saturated rings. The molecule has 20 heavy (non-hydrogen) atoms. The zero-order valence-electron chi connectivity index (χ0n) is 11.5. The van der Waals surface area contributed by atoms with Gasteiger partial charge in [0.1, 0.15) is 0 Å². The largest absolute Gasteiger partial charge is 0.464 e. The molecule has 0 spiro atoms. The van der Waals surface area contributed by atoms with Crippen LogP contribution in [0.5, 0.6) is 0 Å². The highest BCUT2D eigenvalue weighted by atomic mass is 32.2. The first-order valence-corrected chi connectivity index (χ1v) is 7.72. The quantitative estimate of drug-likeness (QED) is 0.687. The van der Waals surface area contributed by atoms with Crippen molar-refractivity contribution in [3.63, 3.8) is 0 Å². The van der Waals surface area contributed by atoms with Crippen LogP contribution >= 0.6 is 11.3 Å². The van der Waals surface area contributed by atoms with Gasteiger partial charge in [-0.2, -0.15) is 4.31 Å². The van der Waals surface area contributed by atoms with E-state index >= 15 is 0 Å². The van der Waals surface area contributed by atoms with Crippen LogP contribution in [0.25, 0.3) is 0 Å². The molecule has 1 aromatic heterocycles. The molecule has 1 amide bonds. The fourth-order valence-corrected chi connectivity index (χ4v) is 3.65. The van der Waals surface area contributed by atoms with Crippen molar-refractivity contribution in [1.29, 1.82) is 0 Å². The average molecular weight is 321 g/mol. The second kappa shape index (κ2) is 6.29. The zero-order valence-corrected chi connectivity index (χ0v) is 13.1. The molecule has 0 saturated carbocycles. The fourth-order valence-electron chi connectivity index (χ4n) is 1.21. The summed E-state index contributed by atoms with van der Waals surface area (Å²) in [6, 6.07) is 0. The zero-order chi connectivity index (χ0) is 15.5. The molecule has 0 N–H and O–H groups in total. The van der Waals surface area contributed by atoms with Gasteiger partial charge in [0.05, 0.1) is 19.2 Å². The predicted molar refractivity (Wildman–Crippen MR) is 72.0 cm³/mol. The van der Waals surface area contributed by atoms with E-state index in [1.165, 1.54) is 31.6 Å². The number of amides is 1. The van der Waals surface area contributed by atoms with Gasteiger partial charge < -0.3 is 9.64 Å². The van der Waals surface area contributed by atoms with Gasteiger partial charge in [-0.3, -0.25) is 4.79 Å². The number of sulfonamides is 1. The number of carbonyl (C=O) groups excluding carboxylic acids is 2. The van der Waals surface area contributed by atoms with Crippen molar-refractivity contribution in [2.75, 3.05) is 34.8 Å². The van der Waals surface area contributed by atoms with Crippen LogP contribution in [0.1, 0.15) is 10.5 Å². The molecule has 0 unspecified atom stereocenters. The predicted octanol–water partition coefficient (Wildman–Crippen LogP) is -0.362. The number of methoxy groups -OCH3 is 1. The van der Waals surface area contributed by atoms with Crippen molar-refractivity contribution >= 4 is 33.2 Å². The van der Waals surface area contributed by atoms with Crippen LogP contribution in [-0.4, -0.2) is 69.3 Å². The number of thiazole rings is 1. The third-order valence-corrected chi connectivity index (χ3v) is 5.57. The van der Waals surface area contributed by atoms with Gasteiger partial charge in [0, 0.05) is 21.1 Å². The van der Waals surface area contributed by atoms with Crippen LogP contribution in [0.4, 0.5) is 0 Å². The summed E-state index contributed by atoms with van der Waals surface area (Å²) in [4.78, 5) is 28.0. The number of aromatic nitrogens is 1. The molecule has 1 heterocycles. The Morgan fingerprint density at radius 3 is 2.45 bits per heavy atom. The number of nitrogens with zero attached hydrogens (tertiary/aromatic N) is 3. The van der Waals surface area contributed by atoms with E-state index < -0.39 is 16.0 Å². The van der Waals surface area contributed by atoms with Gasteiger partial charge in [0.25, 0.3) is 10.0 Å². The molecule has 0 aromatic carbocycles. The summed E-state index contributed by atoms with van der Waals surface area (Å²) < 4.78 is 29.7. The van der Waals surface area contributed by atoms with Crippen molar-refractivity contribution in [3.05, 3.63) is 11.2 Å². The number of hydrogen-bond donors (Lipinski definition) is 0. The van der Waals surface area contributed by atoms with E-state index in [2.05, 4.69) is 9.72 Å². The number of rotatable bonds is 5. The van der Waals surface area contributed by atoms with Gasteiger partial charge in [-0.15, -0.1) is 11.3 Å². The minimum Gasteiger partial charge on any atom is -0.464 e. The van der Waals surface area contributed by atoms with Crippen LogP contribution < -0.4 is 0 Å². The van der Waals surface area contributed by atoms with E-state index in [4.69, 9.17) is 0 Å². The molecule has 8 nitrogen and oxygen atoms in total. The number of hydrogen-bond acceptors (Lipinski definition) is 7. The van der Waals surface area contributed by atoms with Crippen molar-refractivity contribution in [3.8, 4) is 0 Å². The van der Waals surface area contributed by atoms with Gasteiger partial charge in [0.15, 0.2) is 9.90 Å². The number of carbonyl (C=O) groups is 2. The Morgan fingerprint density at radius 1 is 1.35 bits per heavy atom. The first-order valence-electron chi connectivity index (χ1n) is 5.40. The first-order chi connectivity index (χ1) is 9.21. The molecule has 0 aliphatic carbocycles. The SMILES string of the molecule is COC(=O)c1ncsc1S(=O)(=O)N(C)CC(=O)N(C)C. The Kier molecular flexibility index (Phi) is 5.20. The summed E-state index contributed by atoms with van der Waals surface area (Å²) in [7, 11) is 1.48. The van der Waals surface area contributed by atoms with E-state index in [0.717, 1.165) is 22.8 Å². The number of ether oxygens (including phenoxy) is 1. The van der Waals surface area contributed by atoms with E-state index in [-0.39, 0.29) is 22.4 Å². The molecule has 0 aliphatic rings. The van der Waals surface area contributed by atoms with Crippen molar-refractivity contribution in [2.45, 2.75) is 4.21 Å². The summed E-state index contributed by atoms with van der Waals surface area (Å²) in [6.45, 7) is -0.326. The molecule has 0 aliphatic heterocycles. The van der Waals surface area contributed by atoms with Crippen LogP contribution in [0.2, 0.25) is 0 Å². The van der Waals surface area contributed by atoms with E-state index in [1.807, 2.05) is 0 Å². The Morgan fingerprint density at radius 2 is 1.95 bits per heavy atom. The average Bonchev–Trinajstić information content (AvgIpc) is 2.87. The maximum Gasteiger partial charge on any atom is 0.358 e. The third kappa shape index (κ3) is 3.32. The molecule has 0 atom stereocenters. The molecular formula is C10H15N3O5S2. The highest BCUT2D eigenvalue weighted by molar-refractivity contribution is 7.91. The number of likely N-dealkylation sites (N-methyl/N-ethyl adjacent to an activating group) is 2. The maximum absolute atomic E-state index is 12.3. The van der Waals surface area contributed by atoms with Crippen LogP contribution in [0, 0.1) is 0 Å². The molecule has 0 bridgehead atoms. The van der Waals surface area contributed by atoms with Gasteiger partial charge in [-0.25, -0.2) is 18.2 Å². The Labute approximate surface area is 121 Å². The summed E-state index contributed by atoms with van der Waals surface area (Å²) in [5, 5.41) is 0. The minimum absolute atomic E-state index is 0.238.